The summed E-state index contributed by atoms with van der Waals surface area (Å²) in [6.07, 6.45) is 20.6. The summed E-state index contributed by atoms with van der Waals surface area (Å²) in [6, 6.07) is -1.74. The lowest BCUT2D eigenvalue weighted by Crippen LogP contribution is -2.57. The van der Waals surface area contributed by atoms with Crippen molar-refractivity contribution in [3.05, 3.63) is 0 Å². The standard InChI is InChI=1S/C21H33NO4.C15H24N4O7.C14H23NO3.C10H17N3O5.C8H15NO3.C6H9NO4.C5H9NO3.C4H4F3NO3.C4H7NO3/c23-19(16-10-4-1-5-11-16)22(20(24)17-12-6-2-7-13-17)26-21(25)18-14-8-3-9-15-18;20-13(16-1-7-23-8-2-16)19(14(21)17-3-9-24-10-4-17)26-15(22)18-5-11-25-12-6-18;16-13(11-7-3-1-4-8-11)15-18-14(17)12-9-5-2-6-10-12;14-9(12-1-5-16-6-2-12)11-18-10(15)13-3-7-17-8-4-13;1-3-5-7(10)9-12-8(11)6-4-2;1-4(8)7(5(2)9)11-6(3)10;1-4(7)6(3)9-5(2)8;1-2(9)8-11-3(10)4(5,6)7;1-3(6)5-8-4(2)7/h16-18H,1-15H2;1-12H2;11-12H,1-10H2,(H,15,16);1-8H2,(H,11,14);3-6H2,1-2H3,(H,9,10);1-3H3;1-3H3;1H3,(H,8,9);1-2H3,(H,5,6). The van der Waals surface area contributed by atoms with Crippen molar-refractivity contribution in [1.29, 1.82) is 0 Å². The van der Waals surface area contributed by atoms with E-state index < -0.39 is 78.1 Å². The normalized spacial score (nSPS) is 17.2. The van der Waals surface area contributed by atoms with Crippen LogP contribution in [0.1, 0.15) is 255 Å². The van der Waals surface area contributed by atoms with Gasteiger partial charge in [0.25, 0.3) is 41.4 Å². The van der Waals surface area contributed by atoms with Crippen LogP contribution in [0.4, 0.5) is 37.1 Å². The van der Waals surface area contributed by atoms with Crippen molar-refractivity contribution in [3.8, 4) is 0 Å². The van der Waals surface area contributed by atoms with E-state index >= 15 is 0 Å². The Bertz CT molecular complexity index is 3550. The minimum absolute atomic E-state index is 0.00888. The monoisotopic (exact) mass is 2000 g/mol. The molecule has 5 saturated heterocycles. The molecule has 0 aromatic rings. The van der Waals surface area contributed by atoms with Gasteiger partial charge in [0, 0.05) is 158 Å². The lowest BCUT2D eigenvalue weighted by molar-refractivity contribution is -0.211. The lowest BCUT2D eigenvalue weighted by Gasteiger charge is -2.35. The molecule has 0 bridgehead atoms. The van der Waals surface area contributed by atoms with Gasteiger partial charge in [0.15, 0.2) is 0 Å². The van der Waals surface area contributed by atoms with Gasteiger partial charge in [-0.1, -0.05) is 115 Å². The van der Waals surface area contributed by atoms with Crippen LogP contribution < -0.4 is 27.4 Å². The molecule has 52 heteroatoms. The number of alkyl halides is 3. The Kier molecular flexibility index (Phi) is 62.6. The molecule has 5 aliphatic heterocycles. The Hall–Kier alpha value is -11.9. The van der Waals surface area contributed by atoms with Gasteiger partial charge in [-0.3, -0.25) is 52.7 Å². The molecular weight excluding hydrogens is 1860 g/mol. The van der Waals surface area contributed by atoms with Crippen molar-refractivity contribution in [2.75, 3.05) is 139 Å². The Morgan fingerprint density at radius 1 is 0.324 bits per heavy atom. The van der Waals surface area contributed by atoms with E-state index in [2.05, 4.69) is 40.6 Å². The third-order valence-corrected chi connectivity index (χ3v) is 21.3. The second-order valence-corrected chi connectivity index (χ2v) is 32.7. The van der Waals surface area contributed by atoms with Crippen LogP contribution in [0.2, 0.25) is 0 Å². The zero-order chi connectivity index (χ0) is 104. The van der Waals surface area contributed by atoms with Crippen LogP contribution in [0.5, 0.6) is 0 Å². The summed E-state index contributed by atoms with van der Waals surface area (Å²) in [5, 5.41) is 2.75. The molecule has 0 aromatic carbocycles. The molecule has 5 N–H and O–H groups in total. The molecule has 0 unspecified atom stereocenters. The average Bonchev–Trinajstić information content (AvgIpc) is 0.825. The number of carbonyl (C=O) groups is 21. The number of rotatable bonds is 9. The number of halogens is 3. The van der Waals surface area contributed by atoms with Crippen molar-refractivity contribution in [1.82, 2.24) is 72.2 Å². The molecule has 0 radical (unpaired) electrons. The highest BCUT2D eigenvalue weighted by Crippen LogP contribution is 2.33. The van der Waals surface area contributed by atoms with Crippen molar-refractivity contribution in [2.45, 2.75) is 262 Å². The zero-order valence-electron chi connectivity index (χ0n) is 81.5. The largest absolute Gasteiger partial charge is 0.493 e. The van der Waals surface area contributed by atoms with Gasteiger partial charge in [-0.25, -0.2) is 47.9 Å². The van der Waals surface area contributed by atoms with Crippen molar-refractivity contribution in [2.24, 2.45) is 29.6 Å². The summed E-state index contributed by atoms with van der Waals surface area (Å²) in [5.41, 5.74) is 9.69. The number of imide groups is 3. The molecule has 49 nitrogen and oxygen atoms in total. The Labute approximate surface area is 805 Å². The van der Waals surface area contributed by atoms with Gasteiger partial charge in [0.05, 0.1) is 77.9 Å². The van der Waals surface area contributed by atoms with Crippen molar-refractivity contribution in [3.63, 3.8) is 0 Å². The molecule has 5 saturated carbocycles. The van der Waals surface area contributed by atoms with Gasteiger partial charge >= 0.3 is 78.2 Å². The third kappa shape index (κ3) is 54.3. The number of morpholine rings is 5. The van der Waals surface area contributed by atoms with Crippen LogP contribution in [-0.2, 0) is 144 Å². The predicted molar refractivity (Wildman–Crippen MR) is 472 cm³/mol. The third-order valence-electron chi connectivity index (χ3n) is 21.3. The molecule has 0 aromatic heterocycles. The summed E-state index contributed by atoms with van der Waals surface area (Å²) >= 11 is 0. The first-order valence-corrected chi connectivity index (χ1v) is 46.8. The fourth-order valence-corrected chi connectivity index (χ4v) is 13.9. The number of nitrogens with zero attached hydrogens (tertiary/aromatic N) is 9. The van der Waals surface area contributed by atoms with Crippen LogP contribution in [-0.4, -0.2) is 315 Å². The van der Waals surface area contributed by atoms with E-state index in [1.165, 1.54) is 77.6 Å². The first-order valence-electron chi connectivity index (χ1n) is 46.8. The molecule has 790 valence electrons. The summed E-state index contributed by atoms with van der Waals surface area (Å²) in [6.45, 7) is 21.3. The van der Waals surface area contributed by atoms with E-state index in [9.17, 15) is 114 Å². The number of amides is 17. The van der Waals surface area contributed by atoms with E-state index in [0.29, 0.717) is 154 Å². The number of ether oxygens (including phenoxy) is 5. The summed E-state index contributed by atoms with van der Waals surface area (Å²) in [5.74, 6) is -9.38. The Morgan fingerprint density at radius 3 is 1.01 bits per heavy atom. The first kappa shape index (κ1) is 123. The van der Waals surface area contributed by atoms with Crippen LogP contribution in [0.15, 0.2) is 0 Å². The highest BCUT2D eigenvalue weighted by Gasteiger charge is 2.43. The molecule has 5 heterocycles. The van der Waals surface area contributed by atoms with Crippen molar-refractivity contribution < 1.29 is 181 Å². The van der Waals surface area contributed by atoms with Crippen LogP contribution in [0, 0.1) is 29.6 Å². The highest BCUT2D eigenvalue weighted by atomic mass is 19.4. The summed E-state index contributed by atoms with van der Waals surface area (Å²) < 4.78 is 59.7. The minimum Gasteiger partial charge on any atom is -0.378 e. The van der Waals surface area contributed by atoms with E-state index in [4.69, 9.17) is 43.0 Å². The van der Waals surface area contributed by atoms with Gasteiger partial charge in [0.2, 0.25) is 11.8 Å². The van der Waals surface area contributed by atoms with Crippen molar-refractivity contribution >= 4 is 125 Å². The van der Waals surface area contributed by atoms with Gasteiger partial charge in [-0.15, -0.1) is 10.1 Å². The maximum atomic E-state index is 13.0. The van der Waals surface area contributed by atoms with Gasteiger partial charge in [0.1, 0.15) is 0 Å². The molecule has 10 fully saturated rings. The average molecular weight is 2000 g/mol. The quantitative estimate of drug-likeness (QED) is 0.0884. The summed E-state index contributed by atoms with van der Waals surface area (Å²) in [7, 11) is 1.38. The maximum Gasteiger partial charge on any atom is 0.493 e. The molecule has 10 aliphatic rings. The smallest absolute Gasteiger partial charge is 0.378 e. The number of nitrogens with one attached hydrogen (secondary N) is 5. The summed E-state index contributed by atoms with van der Waals surface area (Å²) in [4.78, 5) is 285. The maximum absolute atomic E-state index is 13.0. The van der Waals surface area contributed by atoms with E-state index in [1.54, 1.807) is 0 Å². The molecule has 10 rings (SSSR count). The van der Waals surface area contributed by atoms with E-state index in [-0.39, 0.29) is 82.9 Å². The molecule has 0 atom stereocenters. The molecule has 0 spiro atoms. The number of hydrogen-bond acceptors (Lipinski definition) is 35. The number of hydroxylamine groups is 13. The molecule has 139 heavy (non-hydrogen) atoms. The molecule has 17 amide bonds. The number of hydrogen-bond donors (Lipinski definition) is 5. The minimum atomic E-state index is -5.08. The van der Waals surface area contributed by atoms with E-state index in [1.807, 2.05) is 19.3 Å². The molecule has 5 aliphatic carbocycles. The molecular formula is C87H141F3N14O35. The van der Waals surface area contributed by atoms with Gasteiger partial charge in [-0.05, 0) is 77.0 Å². The van der Waals surface area contributed by atoms with Crippen LogP contribution in [0.25, 0.3) is 0 Å². The Balaban J connectivity index is 0.000000545. The lowest BCUT2D eigenvalue weighted by atomic mass is 9.86. The highest BCUT2D eigenvalue weighted by molar-refractivity contribution is 5.98. The second-order valence-electron chi connectivity index (χ2n) is 32.7. The zero-order valence-corrected chi connectivity index (χ0v) is 81.5. The topological polar surface area (TPSA) is 577 Å². The number of carbonyl (C=O) groups excluding carboxylic acids is 21. The van der Waals surface area contributed by atoms with Crippen LogP contribution in [0.3, 0.4) is 0 Å². The fraction of sp³-hybridized carbons (Fsp3) is 0.759. The fourth-order valence-electron chi connectivity index (χ4n) is 13.9. The predicted octanol–water partition coefficient (Wildman–Crippen LogP) is 6.96. The SMILES string of the molecule is CC(=O)NOC(=O)C(F)(F)F.CC(=O)NOC(C)=O.CC(=O)ON(C(C)=O)C(C)=O.CC(=O)ON(C)C(C)=O.CCCC(=O)NOC(=O)CCC.O=C(NOC(=O)C1CCCCC1)C1CCCCC1.O=C(NOC(=O)N1CCOCC1)N1CCOCC1.O=C(ON(C(=O)C1CCCCC1)C(=O)C1CCCCC1)C1CCCCC1.O=C(ON(C(=O)N1CCOCC1)C(=O)N1CCOCC1)N1CCOCC1. The number of urea groups is 3. The van der Waals surface area contributed by atoms with Crippen LogP contribution >= 0.6 is 0 Å². The van der Waals surface area contributed by atoms with Gasteiger partial charge < -0.3 is 91.7 Å². The van der Waals surface area contributed by atoms with Gasteiger partial charge in [-0.2, -0.15) is 45.6 Å². The first-order chi connectivity index (χ1) is 66.0. The second kappa shape index (κ2) is 70.6. The Morgan fingerprint density at radius 2 is 0.676 bits per heavy atom. The van der Waals surface area contributed by atoms with E-state index in [0.717, 1.165) is 198 Å².